The summed E-state index contributed by atoms with van der Waals surface area (Å²) in [6, 6.07) is 8.11. The highest BCUT2D eigenvalue weighted by atomic mass is 35.5. The van der Waals surface area contributed by atoms with Crippen LogP contribution in [0.5, 0.6) is 0 Å². The van der Waals surface area contributed by atoms with Gasteiger partial charge in [0.2, 0.25) is 0 Å². The molecular formula is C15H20ClN3O. The van der Waals surface area contributed by atoms with Gasteiger partial charge in [-0.2, -0.15) is 5.10 Å². The topological polar surface area (TPSA) is 39.1 Å². The zero-order chi connectivity index (χ0) is 14.5. The number of aryl methyl sites for hydroxylation is 2. The molecule has 2 aromatic rings. The molecule has 108 valence electrons. The Bertz CT molecular complexity index is 580. The first kappa shape index (κ1) is 14.9. The van der Waals surface area contributed by atoms with E-state index in [1.165, 1.54) is 0 Å². The Morgan fingerprint density at radius 2 is 2.10 bits per heavy atom. The molecule has 0 unspecified atom stereocenters. The van der Waals surface area contributed by atoms with Crippen LogP contribution in [0.4, 0.5) is 5.69 Å². The molecule has 0 aliphatic heterocycles. The Balaban J connectivity index is 2.17. The Kier molecular flexibility index (Phi) is 5.04. The summed E-state index contributed by atoms with van der Waals surface area (Å²) in [5.74, 6) is 0. The molecular weight excluding hydrogens is 274 g/mol. The lowest BCUT2D eigenvalue weighted by Crippen LogP contribution is -2.09. The predicted molar refractivity (Wildman–Crippen MR) is 82.1 cm³/mol. The van der Waals surface area contributed by atoms with Gasteiger partial charge in [-0.05, 0) is 19.9 Å². The van der Waals surface area contributed by atoms with E-state index >= 15 is 0 Å². The number of hydrogen-bond acceptors (Lipinski definition) is 3. The minimum Gasteiger partial charge on any atom is -0.380 e. The van der Waals surface area contributed by atoms with Gasteiger partial charge in [-0.15, -0.1) is 0 Å². The fraction of sp³-hybridized carbons (Fsp3) is 0.400. The van der Waals surface area contributed by atoms with Gasteiger partial charge in [0, 0.05) is 24.9 Å². The summed E-state index contributed by atoms with van der Waals surface area (Å²) in [4.78, 5) is 0. The molecule has 0 radical (unpaired) electrons. The van der Waals surface area contributed by atoms with Crippen LogP contribution < -0.4 is 5.32 Å². The zero-order valence-corrected chi connectivity index (χ0v) is 12.9. The fourth-order valence-corrected chi connectivity index (χ4v) is 2.39. The lowest BCUT2D eigenvalue weighted by Gasteiger charge is -2.12. The average molecular weight is 294 g/mol. The number of halogens is 1. The van der Waals surface area contributed by atoms with E-state index in [0.717, 1.165) is 34.2 Å². The van der Waals surface area contributed by atoms with Gasteiger partial charge >= 0.3 is 0 Å². The quantitative estimate of drug-likeness (QED) is 0.884. The number of ether oxygens (including phenoxy) is 1. The lowest BCUT2D eigenvalue weighted by atomic mass is 10.2. The third-order valence-corrected chi connectivity index (χ3v) is 3.71. The molecule has 0 aliphatic carbocycles. The van der Waals surface area contributed by atoms with Crippen molar-refractivity contribution in [1.82, 2.24) is 9.78 Å². The smallest absolute Gasteiger partial charge is 0.0865 e. The van der Waals surface area contributed by atoms with Gasteiger partial charge in [0.1, 0.15) is 0 Å². The number of nitrogens with one attached hydrogen (secondary N) is 1. The Morgan fingerprint density at radius 1 is 1.35 bits per heavy atom. The maximum absolute atomic E-state index is 6.31. The third kappa shape index (κ3) is 3.14. The number of anilines is 1. The molecule has 0 bridgehead atoms. The van der Waals surface area contributed by atoms with Gasteiger partial charge in [-0.1, -0.05) is 29.8 Å². The van der Waals surface area contributed by atoms with E-state index in [4.69, 9.17) is 16.3 Å². The van der Waals surface area contributed by atoms with Crippen LogP contribution in [0.15, 0.2) is 24.3 Å². The Labute approximate surface area is 124 Å². The largest absolute Gasteiger partial charge is 0.380 e. The monoisotopic (exact) mass is 293 g/mol. The van der Waals surface area contributed by atoms with Gasteiger partial charge in [-0.3, -0.25) is 4.68 Å². The summed E-state index contributed by atoms with van der Waals surface area (Å²) in [5, 5.41) is 8.58. The normalized spacial score (nSPS) is 10.8. The molecule has 0 saturated heterocycles. The van der Waals surface area contributed by atoms with E-state index in [-0.39, 0.29) is 0 Å². The number of nitrogens with zero attached hydrogens (tertiary/aromatic N) is 2. The summed E-state index contributed by atoms with van der Waals surface area (Å²) in [6.45, 7) is 6.03. The predicted octanol–water partition coefficient (Wildman–Crippen LogP) is 3.62. The molecule has 20 heavy (non-hydrogen) atoms. The first-order chi connectivity index (χ1) is 9.67. The molecule has 1 aromatic heterocycles. The van der Waals surface area contributed by atoms with Gasteiger partial charge in [0.15, 0.2) is 0 Å². The van der Waals surface area contributed by atoms with Gasteiger partial charge in [0.05, 0.1) is 29.6 Å². The van der Waals surface area contributed by atoms with E-state index in [0.29, 0.717) is 13.2 Å². The minimum atomic E-state index is 0.586. The number of rotatable bonds is 6. The Hall–Kier alpha value is -1.52. The number of hydrogen-bond donors (Lipinski definition) is 1. The minimum absolute atomic E-state index is 0.586. The molecule has 0 amide bonds. The highest BCUT2D eigenvalue weighted by molar-refractivity contribution is 6.31. The zero-order valence-electron chi connectivity index (χ0n) is 12.1. The van der Waals surface area contributed by atoms with Crippen LogP contribution in [0.2, 0.25) is 5.02 Å². The molecule has 5 heteroatoms. The van der Waals surface area contributed by atoms with Crippen molar-refractivity contribution in [2.45, 2.75) is 33.5 Å². The van der Waals surface area contributed by atoms with E-state index in [1.807, 2.05) is 29.8 Å². The van der Waals surface area contributed by atoms with Gasteiger partial charge in [-0.25, -0.2) is 0 Å². The van der Waals surface area contributed by atoms with E-state index in [2.05, 4.69) is 23.4 Å². The van der Waals surface area contributed by atoms with E-state index in [9.17, 15) is 0 Å². The van der Waals surface area contributed by atoms with E-state index < -0.39 is 0 Å². The van der Waals surface area contributed by atoms with Crippen LogP contribution in [-0.4, -0.2) is 16.9 Å². The van der Waals surface area contributed by atoms with Crippen molar-refractivity contribution < 1.29 is 4.74 Å². The molecule has 1 N–H and O–H groups in total. The summed E-state index contributed by atoms with van der Waals surface area (Å²) in [5.41, 5.74) is 4.08. The van der Waals surface area contributed by atoms with Crippen LogP contribution in [-0.2, 0) is 24.4 Å². The number of benzene rings is 1. The van der Waals surface area contributed by atoms with Crippen molar-refractivity contribution in [3.05, 3.63) is 46.2 Å². The summed E-state index contributed by atoms with van der Waals surface area (Å²) in [7, 11) is 1.70. The van der Waals surface area contributed by atoms with Crippen molar-refractivity contribution in [3.8, 4) is 0 Å². The molecule has 0 fully saturated rings. The second-order valence-electron chi connectivity index (χ2n) is 4.61. The lowest BCUT2D eigenvalue weighted by molar-refractivity contribution is 0.185. The third-order valence-electron chi connectivity index (χ3n) is 3.22. The SMILES string of the molecule is CCn1nc(C)c(Cl)c1CNc1ccccc1COC. The molecule has 0 spiro atoms. The second kappa shape index (κ2) is 6.77. The number of aromatic nitrogens is 2. The number of methoxy groups -OCH3 is 1. The van der Waals surface area contributed by atoms with Gasteiger partial charge < -0.3 is 10.1 Å². The van der Waals surface area contributed by atoms with Crippen molar-refractivity contribution in [3.63, 3.8) is 0 Å². The number of para-hydroxylation sites is 1. The standard InChI is InChI=1S/C15H20ClN3O/c1-4-19-14(15(16)11(2)18-19)9-17-13-8-6-5-7-12(13)10-20-3/h5-8,17H,4,9-10H2,1-3H3. The van der Waals surface area contributed by atoms with Crippen LogP contribution in [0.3, 0.4) is 0 Å². The second-order valence-corrected chi connectivity index (χ2v) is 4.98. The summed E-state index contributed by atoms with van der Waals surface area (Å²) in [6.07, 6.45) is 0. The molecule has 2 rings (SSSR count). The molecule has 0 atom stereocenters. The Morgan fingerprint density at radius 3 is 2.80 bits per heavy atom. The highest BCUT2D eigenvalue weighted by Crippen LogP contribution is 2.23. The van der Waals surface area contributed by atoms with Crippen LogP contribution in [0, 0.1) is 6.92 Å². The van der Waals surface area contributed by atoms with Crippen LogP contribution >= 0.6 is 11.6 Å². The maximum atomic E-state index is 6.31. The van der Waals surface area contributed by atoms with Crippen LogP contribution in [0.1, 0.15) is 23.9 Å². The van der Waals surface area contributed by atoms with Crippen molar-refractivity contribution in [1.29, 1.82) is 0 Å². The maximum Gasteiger partial charge on any atom is 0.0865 e. The molecule has 0 aliphatic rings. The first-order valence-electron chi connectivity index (χ1n) is 6.69. The van der Waals surface area contributed by atoms with Crippen LogP contribution in [0.25, 0.3) is 0 Å². The average Bonchev–Trinajstić information content (AvgIpc) is 2.74. The highest BCUT2D eigenvalue weighted by Gasteiger charge is 2.12. The fourth-order valence-electron chi connectivity index (χ4n) is 2.19. The van der Waals surface area contributed by atoms with Crippen molar-refractivity contribution in [2.24, 2.45) is 0 Å². The molecule has 0 saturated carbocycles. The molecule has 1 heterocycles. The first-order valence-corrected chi connectivity index (χ1v) is 7.07. The molecule has 4 nitrogen and oxygen atoms in total. The van der Waals surface area contributed by atoms with Gasteiger partial charge in [0.25, 0.3) is 0 Å². The molecule has 1 aromatic carbocycles. The van der Waals surface area contributed by atoms with Crippen molar-refractivity contribution in [2.75, 3.05) is 12.4 Å². The summed E-state index contributed by atoms with van der Waals surface area (Å²) >= 11 is 6.31. The van der Waals surface area contributed by atoms with Crippen molar-refractivity contribution >= 4 is 17.3 Å². The summed E-state index contributed by atoms with van der Waals surface area (Å²) < 4.78 is 7.14. The van der Waals surface area contributed by atoms with E-state index in [1.54, 1.807) is 7.11 Å².